The molecule has 1 aromatic heterocycles. The number of nitrogens with zero attached hydrogens (tertiary/aromatic N) is 2. The highest BCUT2D eigenvalue weighted by atomic mass is 35.5. The number of urea groups is 1. The number of barbiturate groups is 1. The summed E-state index contributed by atoms with van der Waals surface area (Å²) < 4.78 is 1.94. The normalized spacial score (nSPS) is 15.4. The van der Waals surface area contributed by atoms with Crippen molar-refractivity contribution in [3.8, 4) is 11.4 Å². The summed E-state index contributed by atoms with van der Waals surface area (Å²) in [5, 5.41) is 12.2. The zero-order valence-corrected chi connectivity index (χ0v) is 18.4. The van der Waals surface area contributed by atoms with Crippen molar-refractivity contribution in [2.75, 3.05) is 4.90 Å². The Bertz CT molecular complexity index is 1310. The highest BCUT2D eigenvalue weighted by molar-refractivity contribution is 6.39. The third-order valence-corrected chi connectivity index (χ3v) is 5.80. The molecule has 2 N–H and O–H groups in total. The molecular formula is C24H20ClN3O4. The Balaban J connectivity index is 1.76. The van der Waals surface area contributed by atoms with Crippen molar-refractivity contribution >= 4 is 41.2 Å². The summed E-state index contributed by atoms with van der Waals surface area (Å²) in [6.45, 7) is 5.57. The van der Waals surface area contributed by atoms with E-state index in [-0.39, 0.29) is 17.0 Å². The van der Waals surface area contributed by atoms with Crippen LogP contribution in [0.15, 0.2) is 54.1 Å². The van der Waals surface area contributed by atoms with E-state index in [0.29, 0.717) is 10.6 Å². The molecule has 1 saturated heterocycles. The van der Waals surface area contributed by atoms with Crippen LogP contribution >= 0.6 is 11.6 Å². The lowest BCUT2D eigenvalue weighted by Gasteiger charge is -2.26. The molecule has 4 amide bonds. The lowest BCUT2D eigenvalue weighted by Crippen LogP contribution is -2.54. The number of amides is 4. The number of aromatic nitrogens is 1. The summed E-state index contributed by atoms with van der Waals surface area (Å²) >= 11 is 6.16. The van der Waals surface area contributed by atoms with Crippen molar-refractivity contribution in [3.05, 3.63) is 81.6 Å². The van der Waals surface area contributed by atoms with Crippen molar-refractivity contribution in [3.63, 3.8) is 0 Å². The zero-order chi connectivity index (χ0) is 23.2. The first-order valence-corrected chi connectivity index (χ1v) is 10.2. The molecule has 1 aliphatic rings. The minimum absolute atomic E-state index is 0.156. The quantitative estimate of drug-likeness (QED) is 0.457. The van der Waals surface area contributed by atoms with Crippen molar-refractivity contribution in [2.24, 2.45) is 0 Å². The molecule has 2 aromatic carbocycles. The second-order valence-electron chi connectivity index (χ2n) is 7.57. The van der Waals surface area contributed by atoms with Gasteiger partial charge in [0.05, 0.1) is 5.69 Å². The first kappa shape index (κ1) is 21.4. The fourth-order valence-electron chi connectivity index (χ4n) is 3.70. The number of halogens is 1. The molecule has 7 nitrogen and oxygen atoms in total. The minimum Gasteiger partial charge on any atom is -0.508 e. The maximum absolute atomic E-state index is 13.2. The van der Waals surface area contributed by atoms with Crippen molar-refractivity contribution in [1.29, 1.82) is 0 Å². The van der Waals surface area contributed by atoms with Crippen LogP contribution in [0.5, 0.6) is 5.75 Å². The van der Waals surface area contributed by atoms with Gasteiger partial charge in [-0.3, -0.25) is 14.9 Å². The third-order valence-electron chi connectivity index (χ3n) is 5.39. The fourth-order valence-corrected chi connectivity index (χ4v) is 3.88. The fraction of sp³-hybridized carbons (Fsp3) is 0.125. The molecule has 0 radical (unpaired) electrons. The van der Waals surface area contributed by atoms with Crippen molar-refractivity contribution in [2.45, 2.75) is 20.8 Å². The van der Waals surface area contributed by atoms with Gasteiger partial charge in [0.15, 0.2) is 0 Å². The molecule has 2 heterocycles. The van der Waals surface area contributed by atoms with Gasteiger partial charge in [-0.25, -0.2) is 9.69 Å². The number of hydrogen-bond donors (Lipinski definition) is 2. The van der Waals surface area contributed by atoms with E-state index in [0.717, 1.165) is 27.5 Å². The number of nitrogens with one attached hydrogen (secondary N) is 1. The smallest absolute Gasteiger partial charge is 0.335 e. The molecule has 0 saturated carbocycles. The average Bonchev–Trinajstić information content (AvgIpc) is 3.01. The van der Waals surface area contributed by atoms with Gasteiger partial charge >= 0.3 is 6.03 Å². The van der Waals surface area contributed by atoms with E-state index in [1.54, 1.807) is 36.4 Å². The molecule has 162 valence electrons. The first-order chi connectivity index (χ1) is 15.2. The van der Waals surface area contributed by atoms with Crippen LogP contribution in [-0.2, 0) is 9.59 Å². The number of anilines is 1. The molecule has 0 aliphatic carbocycles. The molecular weight excluding hydrogens is 430 g/mol. The first-order valence-electron chi connectivity index (χ1n) is 9.83. The monoisotopic (exact) mass is 449 g/mol. The molecule has 1 fully saturated rings. The van der Waals surface area contributed by atoms with Crippen LogP contribution < -0.4 is 10.2 Å². The van der Waals surface area contributed by atoms with Gasteiger partial charge in [-0.05, 0) is 80.4 Å². The van der Waals surface area contributed by atoms with Gasteiger partial charge in [0.25, 0.3) is 11.8 Å². The highest BCUT2D eigenvalue weighted by Gasteiger charge is 2.37. The number of phenols is 1. The van der Waals surface area contributed by atoms with Crippen LogP contribution in [0, 0.1) is 20.8 Å². The summed E-state index contributed by atoms with van der Waals surface area (Å²) in [6.07, 6.45) is 1.48. The van der Waals surface area contributed by atoms with E-state index in [4.69, 9.17) is 11.6 Å². The molecule has 0 unspecified atom stereocenters. The van der Waals surface area contributed by atoms with Crippen molar-refractivity contribution < 1.29 is 19.5 Å². The van der Waals surface area contributed by atoms with Crippen LogP contribution in [-0.4, -0.2) is 27.5 Å². The van der Waals surface area contributed by atoms with E-state index in [1.807, 2.05) is 31.4 Å². The summed E-state index contributed by atoms with van der Waals surface area (Å²) in [4.78, 5) is 39.0. The van der Waals surface area contributed by atoms with E-state index < -0.39 is 17.8 Å². The molecule has 32 heavy (non-hydrogen) atoms. The topological polar surface area (TPSA) is 91.6 Å². The van der Waals surface area contributed by atoms with Crippen LogP contribution in [0.25, 0.3) is 11.8 Å². The predicted molar refractivity (Wildman–Crippen MR) is 122 cm³/mol. The molecule has 4 rings (SSSR count). The number of carbonyl (C=O) groups excluding carboxylic acids is 3. The third kappa shape index (κ3) is 3.67. The second-order valence-corrected chi connectivity index (χ2v) is 7.98. The largest absolute Gasteiger partial charge is 0.508 e. The van der Waals surface area contributed by atoms with E-state index in [1.165, 1.54) is 12.1 Å². The van der Waals surface area contributed by atoms with Gasteiger partial charge in [-0.2, -0.15) is 0 Å². The molecule has 1 aliphatic heterocycles. The summed E-state index contributed by atoms with van der Waals surface area (Å²) in [5.74, 6) is -1.33. The Morgan fingerprint density at radius 2 is 1.59 bits per heavy atom. The number of phenolic OH excluding ortho intramolecular Hbond substituents is 1. The molecule has 0 bridgehead atoms. The van der Waals surface area contributed by atoms with E-state index >= 15 is 0 Å². The van der Waals surface area contributed by atoms with Gasteiger partial charge in [0.1, 0.15) is 11.3 Å². The van der Waals surface area contributed by atoms with E-state index in [2.05, 4.69) is 5.32 Å². The molecule has 8 heteroatoms. The number of hydrogen-bond acceptors (Lipinski definition) is 4. The Hall–Kier alpha value is -3.84. The van der Waals surface area contributed by atoms with Crippen LogP contribution in [0.1, 0.15) is 22.5 Å². The Morgan fingerprint density at radius 3 is 2.25 bits per heavy atom. The lowest BCUT2D eigenvalue weighted by atomic mass is 10.1. The number of carbonyl (C=O) groups is 3. The van der Waals surface area contributed by atoms with Gasteiger partial charge in [0, 0.05) is 22.1 Å². The molecule has 3 aromatic rings. The minimum atomic E-state index is -0.827. The summed E-state index contributed by atoms with van der Waals surface area (Å²) in [5.41, 5.74) is 4.07. The summed E-state index contributed by atoms with van der Waals surface area (Å²) in [7, 11) is 0. The number of aryl methyl sites for hydroxylation is 2. The maximum Gasteiger partial charge on any atom is 0.335 e. The Morgan fingerprint density at radius 1 is 0.938 bits per heavy atom. The van der Waals surface area contributed by atoms with Gasteiger partial charge < -0.3 is 9.67 Å². The van der Waals surface area contributed by atoms with Gasteiger partial charge in [0.2, 0.25) is 0 Å². The van der Waals surface area contributed by atoms with Crippen LogP contribution in [0.4, 0.5) is 10.5 Å². The number of aromatic hydroxyl groups is 1. The SMILES string of the molecule is Cc1ccc(N2C(=O)NC(=O)/C(=C/c3cc(C)n(-c4ccc(O)cc4)c3C)C2=O)cc1Cl. The van der Waals surface area contributed by atoms with Crippen molar-refractivity contribution in [1.82, 2.24) is 9.88 Å². The Labute approximate surface area is 189 Å². The van der Waals surface area contributed by atoms with Gasteiger partial charge in [-0.1, -0.05) is 17.7 Å². The zero-order valence-electron chi connectivity index (χ0n) is 17.6. The number of rotatable bonds is 3. The maximum atomic E-state index is 13.2. The second kappa shape index (κ2) is 8.01. The van der Waals surface area contributed by atoms with Crippen LogP contribution in [0.3, 0.4) is 0 Å². The predicted octanol–water partition coefficient (Wildman–Crippen LogP) is 4.43. The number of benzene rings is 2. The van der Waals surface area contributed by atoms with E-state index in [9.17, 15) is 19.5 Å². The molecule has 0 spiro atoms. The summed E-state index contributed by atoms with van der Waals surface area (Å²) in [6, 6.07) is 12.5. The highest BCUT2D eigenvalue weighted by Crippen LogP contribution is 2.28. The number of imide groups is 2. The lowest BCUT2D eigenvalue weighted by molar-refractivity contribution is -0.122. The van der Waals surface area contributed by atoms with Crippen LogP contribution in [0.2, 0.25) is 5.02 Å². The standard InChI is InChI=1S/C24H20ClN3O4/c1-13-4-5-18(12-21(13)25)28-23(31)20(22(30)26-24(28)32)11-16-10-14(2)27(15(16)3)17-6-8-19(29)9-7-17/h4-12,29H,1-3H3,(H,26,30,32)/b20-11-. The van der Waals surface area contributed by atoms with Gasteiger partial charge in [-0.15, -0.1) is 0 Å². The Kier molecular flexibility index (Phi) is 5.36. The molecule has 0 atom stereocenters. The average molecular weight is 450 g/mol.